The van der Waals surface area contributed by atoms with E-state index in [1.54, 1.807) is 18.3 Å². The van der Waals surface area contributed by atoms with Crippen LogP contribution in [0.15, 0.2) is 30.0 Å². The Morgan fingerprint density at radius 3 is 2.81 bits per heavy atom. The number of carbonyl (C=O) groups is 2. The first kappa shape index (κ1) is 16.4. The highest BCUT2D eigenvalue weighted by molar-refractivity contribution is 6.16. The Hall–Kier alpha value is -3.04. The first-order valence-corrected chi connectivity index (χ1v) is 8.16. The summed E-state index contributed by atoms with van der Waals surface area (Å²) in [6.45, 7) is 1.47. The topological polar surface area (TPSA) is 82.8 Å². The van der Waals surface area contributed by atoms with Gasteiger partial charge in [-0.15, -0.1) is 5.10 Å². The van der Waals surface area contributed by atoms with E-state index in [1.165, 1.54) is 22.4 Å². The van der Waals surface area contributed by atoms with Crippen molar-refractivity contribution in [2.75, 3.05) is 23.4 Å². The average Bonchev–Trinajstić information content (AvgIpc) is 3.14. The van der Waals surface area contributed by atoms with Crippen LogP contribution < -0.4 is 10.3 Å². The Labute approximate surface area is 147 Å². The van der Waals surface area contributed by atoms with Crippen LogP contribution in [0.2, 0.25) is 0 Å². The van der Waals surface area contributed by atoms with Crippen LogP contribution in [-0.4, -0.2) is 50.4 Å². The molecule has 4 heterocycles. The van der Waals surface area contributed by atoms with Crippen molar-refractivity contribution >= 4 is 29.1 Å². The van der Waals surface area contributed by atoms with Crippen LogP contribution in [0, 0.1) is 0 Å². The molecule has 2 aliphatic heterocycles. The first-order valence-electron chi connectivity index (χ1n) is 8.16. The molecule has 0 atom stereocenters. The molecule has 0 saturated carbocycles. The highest BCUT2D eigenvalue weighted by Crippen LogP contribution is 2.29. The summed E-state index contributed by atoms with van der Waals surface area (Å²) in [6.07, 6.45) is 3.03. The molecule has 0 bridgehead atoms. The van der Waals surface area contributed by atoms with Gasteiger partial charge in [-0.25, -0.2) is 13.3 Å². The minimum Gasteiger partial charge on any atom is -0.333 e. The number of anilines is 2. The van der Waals surface area contributed by atoms with Gasteiger partial charge in [0, 0.05) is 30.8 Å². The van der Waals surface area contributed by atoms with Crippen molar-refractivity contribution in [2.45, 2.75) is 25.7 Å². The van der Waals surface area contributed by atoms with Crippen molar-refractivity contribution in [3.8, 4) is 0 Å². The van der Waals surface area contributed by atoms with Crippen LogP contribution in [0.4, 0.5) is 20.5 Å². The lowest BCUT2D eigenvalue weighted by atomic mass is 10.1. The second-order valence-electron chi connectivity index (χ2n) is 6.40. The quantitative estimate of drug-likeness (QED) is 0.836. The lowest BCUT2D eigenvalue weighted by Gasteiger charge is -2.32. The van der Waals surface area contributed by atoms with Crippen molar-refractivity contribution in [1.82, 2.24) is 19.6 Å². The summed E-state index contributed by atoms with van der Waals surface area (Å²) in [6, 6.07) is 3.41. The maximum atomic E-state index is 13.7. The van der Waals surface area contributed by atoms with Crippen LogP contribution in [0.25, 0.3) is 5.52 Å². The Kier molecular flexibility index (Phi) is 3.63. The van der Waals surface area contributed by atoms with Crippen LogP contribution >= 0.6 is 0 Å². The standard InChI is InChI=1S/C16H16F2N6O2/c1-10-8-12(25)24(14(10)26)20-13-11-4-2-7-23(11)21-15(19-13)22-6-3-5-16(17,18)9-22/h2,4,7-8H,3,5-6,9H2,1H3,(H,19,20,21). The Morgan fingerprint density at radius 2 is 2.12 bits per heavy atom. The van der Waals surface area contributed by atoms with Crippen LogP contribution in [-0.2, 0) is 9.59 Å². The zero-order chi connectivity index (χ0) is 18.5. The number of piperidine rings is 1. The SMILES string of the molecule is CC1=CC(=O)N(Nc2nc(N3CCCC(F)(F)C3)nn3cccc23)C1=O. The summed E-state index contributed by atoms with van der Waals surface area (Å²) in [5.74, 6) is -3.49. The summed E-state index contributed by atoms with van der Waals surface area (Å²) in [5, 5.41) is 5.12. The molecular formula is C16H16F2N6O2. The smallest absolute Gasteiger partial charge is 0.275 e. The lowest BCUT2D eigenvalue weighted by molar-refractivity contribution is -0.135. The predicted molar refractivity (Wildman–Crippen MR) is 88.6 cm³/mol. The molecule has 10 heteroatoms. The fourth-order valence-corrected chi connectivity index (χ4v) is 3.08. The molecule has 4 rings (SSSR count). The van der Waals surface area contributed by atoms with Gasteiger partial charge in [-0.3, -0.25) is 15.0 Å². The van der Waals surface area contributed by atoms with Gasteiger partial charge in [0.05, 0.1) is 6.54 Å². The fourth-order valence-electron chi connectivity index (χ4n) is 3.08. The molecule has 1 fully saturated rings. The third-order valence-corrected chi connectivity index (χ3v) is 4.37. The fraction of sp³-hybridized carbons (Fsp3) is 0.375. The molecular weight excluding hydrogens is 346 g/mol. The lowest BCUT2D eigenvalue weighted by Crippen LogP contribution is -2.44. The van der Waals surface area contributed by atoms with Gasteiger partial charge in [0.2, 0.25) is 5.95 Å². The second kappa shape index (κ2) is 5.75. The Bertz CT molecular complexity index is 938. The maximum Gasteiger partial charge on any atom is 0.275 e. The highest BCUT2D eigenvalue weighted by Gasteiger charge is 2.37. The van der Waals surface area contributed by atoms with Crippen LogP contribution in [0.3, 0.4) is 0 Å². The molecule has 2 aromatic heterocycles. The van der Waals surface area contributed by atoms with Gasteiger partial charge >= 0.3 is 0 Å². The van der Waals surface area contributed by atoms with E-state index in [0.717, 1.165) is 5.01 Å². The summed E-state index contributed by atoms with van der Waals surface area (Å²) < 4.78 is 29.0. The van der Waals surface area contributed by atoms with Gasteiger partial charge in [-0.2, -0.15) is 9.99 Å². The molecule has 1 N–H and O–H groups in total. The minimum absolute atomic E-state index is 0.111. The van der Waals surface area contributed by atoms with Crippen molar-refractivity contribution in [3.05, 3.63) is 30.0 Å². The van der Waals surface area contributed by atoms with Crippen molar-refractivity contribution < 1.29 is 18.4 Å². The number of rotatable bonds is 3. The van der Waals surface area contributed by atoms with Gasteiger partial charge in [0.15, 0.2) is 5.82 Å². The third-order valence-electron chi connectivity index (χ3n) is 4.37. The van der Waals surface area contributed by atoms with Crippen LogP contribution in [0.5, 0.6) is 0 Å². The maximum absolute atomic E-state index is 13.7. The number of amides is 2. The molecule has 2 aliphatic rings. The molecule has 0 spiro atoms. The molecule has 2 aromatic rings. The molecule has 0 aromatic carbocycles. The number of nitrogens with zero attached hydrogens (tertiary/aromatic N) is 5. The number of hydrogen-bond acceptors (Lipinski definition) is 6. The summed E-state index contributed by atoms with van der Waals surface area (Å²) in [5.41, 5.74) is 3.52. The van der Waals surface area contributed by atoms with Crippen LogP contribution in [0.1, 0.15) is 19.8 Å². The largest absolute Gasteiger partial charge is 0.333 e. The van der Waals surface area contributed by atoms with E-state index in [0.29, 0.717) is 24.1 Å². The number of hydrazine groups is 1. The van der Waals surface area contributed by atoms with Gasteiger partial charge in [0.1, 0.15) is 5.52 Å². The summed E-state index contributed by atoms with van der Waals surface area (Å²) >= 11 is 0. The molecule has 2 amide bonds. The number of halogens is 2. The van der Waals surface area contributed by atoms with Gasteiger partial charge in [-0.1, -0.05) is 0 Å². The number of carbonyl (C=O) groups excluding carboxylic acids is 2. The number of aromatic nitrogens is 3. The van der Waals surface area contributed by atoms with E-state index >= 15 is 0 Å². The molecule has 1 saturated heterocycles. The Morgan fingerprint density at radius 1 is 1.31 bits per heavy atom. The molecule has 26 heavy (non-hydrogen) atoms. The molecule has 0 aliphatic carbocycles. The van der Waals surface area contributed by atoms with E-state index in [9.17, 15) is 18.4 Å². The van der Waals surface area contributed by atoms with Crippen molar-refractivity contribution in [3.63, 3.8) is 0 Å². The Balaban J connectivity index is 1.70. The highest BCUT2D eigenvalue weighted by atomic mass is 19.3. The second-order valence-corrected chi connectivity index (χ2v) is 6.40. The van der Waals surface area contributed by atoms with E-state index < -0.39 is 24.3 Å². The number of hydrogen-bond donors (Lipinski definition) is 1. The monoisotopic (exact) mass is 362 g/mol. The van der Waals surface area contributed by atoms with E-state index in [2.05, 4.69) is 15.5 Å². The molecule has 0 radical (unpaired) electrons. The third kappa shape index (κ3) is 2.76. The zero-order valence-electron chi connectivity index (χ0n) is 13.9. The molecule has 0 unspecified atom stereocenters. The molecule has 8 nitrogen and oxygen atoms in total. The van der Waals surface area contributed by atoms with E-state index in [1.807, 2.05) is 0 Å². The van der Waals surface area contributed by atoms with Crippen molar-refractivity contribution in [1.29, 1.82) is 0 Å². The zero-order valence-corrected chi connectivity index (χ0v) is 13.9. The number of nitrogens with one attached hydrogen (secondary N) is 1. The number of imide groups is 1. The number of alkyl halides is 2. The first-order chi connectivity index (χ1) is 12.3. The predicted octanol–water partition coefficient (Wildman–Crippen LogP) is 1.61. The normalized spacial score (nSPS) is 20.0. The van der Waals surface area contributed by atoms with Crippen molar-refractivity contribution in [2.24, 2.45) is 0 Å². The minimum atomic E-state index is -2.80. The van der Waals surface area contributed by atoms with Gasteiger partial charge < -0.3 is 4.90 Å². The van der Waals surface area contributed by atoms with E-state index in [-0.39, 0.29) is 18.2 Å². The summed E-state index contributed by atoms with van der Waals surface area (Å²) in [7, 11) is 0. The van der Waals surface area contributed by atoms with E-state index in [4.69, 9.17) is 0 Å². The summed E-state index contributed by atoms with van der Waals surface area (Å²) in [4.78, 5) is 29.7. The number of fused-ring (bicyclic) bond motifs is 1. The average molecular weight is 362 g/mol. The molecule has 136 valence electrons. The van der Waals surface area contributed by atoms with Gasteiger partial charge in [-0.05, 0) is 25.5 Å². The van der Waals surface area contributed by atoms with Gasteiger partial charge in [0.25, 0.3) is 17.7 Å².